The van der Waals surface area contributed by atoms with Gasteiger partial charge in [0, 0.05) is 25.7 Å². The molecule has 0 saturated heterocycles. The van der Waals surface area contributed by atoms with Gasteiger partial charge in [0.15, 0.2) is 0 Å². The minimum absolute atomic E-state index is 0.0253. The molecule has 34 heavy (non-hydrogen) atoms. The lowest BCUT2D eigenvalue weighted by molar-refractivity contribution is 0.0551. The van der Waals surface area contributed by atoms with Crippen molar-refractivity contribution in [3.8, 4) is 17.1 Å². The van der Waals surface area contributed by atoms with E-state index in [0.29, 0.717) is 24.3 Å². The van der Waals surface area contributed by atoms with Crippen molar-refractivity contribution < 1.29 is 18.0 Å². The van der Waals surface area contributed by atoms with E-state index in [4.69, 9.17) is 16.3 Å². The van der Waals surface area contributed by atoms with E-state index in [9.17, 15) is 18.4 Å². The first-order valence-corrected chi connectivity index (χ1v) is 10.5. The molecule has 1 aromatic heterocycles. The van der Waals surface area contributed by atoms with Crippen molar-refractivity contribution in [3.63, 3.8) is 0 Å². The van der Waals surface area contributed by atoms with E-state index >= 15 is 0 Å². The van der Waals surface area contributed by atoms with Gasteiger partial charge in [-0.1, -0.05) is 41.6 Å². The Balaban J connectivity index is 1.43. The normalized spacial score (nSPS) is 11.6. The van der Waals surface area contributed by atoms with E-state index in [1.807, 2.05) is 24.3 Å². The molecule has 1 N–H and O–H groups in total. The molecule has 0 atom stereocenters. The molecule has 3 aromatic carbocycles. The molecule has 0 radical (unpaired) electrons. The Morgan fingerprint density at radius 3 is 2.29 bits per heavy atom. The van der Waals surface area contributed by atoms with Gasteiger partial charge in [-0.15, -0.1) is 0 Å². The molecule has 0 aliphatic heterocycles. The van der Waals surface area contributed by atoms with Crippen LogP contribution in [0.15, 0.2) is 62.6 Å². The van der Waals surface area contributed by atoms with Crippen LogP contribution in [-0.4, -0.2) is 24.3 Å². The van der Waals surface area contributed by atoms with E-state index in [0.717, 1.165) is 16.9 Å². The molecular weight excluding hydrogens is 470 g/mol. The third-order valence-corrected chi connectivity index (χ3v) is 5.36. The minimum atomic E-state index is -3.74. The smallest absolute Gasteiger partial charge is 0.400 e. The molecule has 0 bridgehead atoms. The number of anilines is 2. The van der Waals surface area contributed by atoms with Crippen molar-refractivity contribution in [2.24, 2.45) is 0 Å². The highest BCUT2D eigenvalue weighted by Crippen LogP contribution is 2.32. The van der Waals surface area contributed by atoms with Gasteiger partial charge < -0.3 is 19.5 Å². The Morgan fingerprint density at radius 1 is 1.06 bits per heavy atom. The topological polar surface area (TPSA) is 97.6 Å². The molecule has 176 valence electrons. The maximum absolute atomic E-state index is 13.1. The van der Waals surface area contributed by atoms with Crippen LogP contribution in [0.4, 0.5) is 20.2 Å². The molecule has 0 fully saturated rings. The van der Waals surface area contributed by atoms with E-state index in [1.165, 1.54) is 0 Å². The van der Waals surface area contributed by atoms with Crippen LogP contribution in [0.3, 0.4) is 0 Å². The molecule has 4 aromatic rings. The first-order valence-electron chi connectivity index (χ1n) is 10.1. The first kappa shape index (κ1) is 23.4. The summed E-state index contributed by atoms with van der Waals surface area (Å²) in [5.41, 5.74) is 1.64. The molecule has 1 heterocycles. The van der Waals surface area contributed by atoms with Crippen LogP contribution < -0.4 is 25.8 Å². The van der Waals surface area contributed by atoms with Crippen molar-refractivity contribution in [3.05, 3.63) is 86.0 Å². The van der Waals surface area contributed by atoms with Gasteiger partial charge in [0.1, 0.15) is 17.1 Å². The van der Waals surface area contributed by atoms with Crippen LogP contribution in [0, 0.1) is 0 Å². The second kappa shape index (κ2) is 9.22. The number of halogens is 3. The van der Waals surface area contributed by atoms with Gasteiger partial charge in [-0.25, -0.2) is 0 Å². The van der Waals surface area contributed by atoms with Gasteiger partial charge in [-0.2, -0.15) is 13.8 Å². The molecule has 0 amide bonds. The Hall–Kier alpha value is -3.79. The number of aromatic nitrogens is 2. The average molecular weight is 489 g/mol. The van der Waals surface area contributed by atoms with Crippen LogP contribution in [0.5, 0.6) is 5.75 Å². The second-order valence-corrected chi connectivity index (χ2v) is 8.03. The predicted molar refractivity (Wildman–Crippen MR) is 123 cm³/mol. The Labute approximate surface area is 197 Å². The number of nitrogens with zero attached hydrogens (tertiary/aromatic N) is 3. The summed E-state index contributed by atoms with van der Waals surface area (Å²) in [6.45, 7) is 0.706. The molecule has 0 spiro atoms. The average Bonchev–Trinajstić information content (AvgIpc) is 3.33. The zero-order chi connectivity index (χ0) is 24.5. The molecule has 0 saturated carbocycles. The van der Waals surface area contributed by atoms with Crippen LogP contribution in [0.1, 0.15) is 17.0 Å². The third kappa shape index (κ3) is 4.76. The molecule has 8 nitrogen and oxygen atoms in total. The number of methoxy groups -OCH3 is 1. The number of hydrogen-bond acceptors (Lipinski definition) is 8. The first-order chi connectivity index (χ1) is 16.2. The third-order valence-electron chi connectivity index (χ3n) is 5.20. The lowest BCUT2D eigenvalue weighted by Gasteiger charge is -2.24. The highest BCUT2D eigenvalue weighted by molar-refractivity contribution is 6.21. The molecule has 11 heteroatoms. The van der Waals surface area contributed by atoms with Crippen LogP contribution in [0.25, 0.3) is 11.4 Å². The number of ether oxygens (including phenoxy) is 1. The van der Waals surface area contributed by atoms with Gasteiger partial charge in [0.2, 0.25) is 5.82 Å². The standard InChI is InChI=1S/C23H19ClF2N4O4/c1-30(12-14-3-7-15(8-4-14)21-28-22(34-29-21)23(24,25)26)18-17(19(31)20(18)32)27-11-13-5-9-16(33-2)10-6-13/h3-10,27H,11-12H2,1-2H3. The fourth-order valence-electron chi connectivity index (χ4n) is 3.41. The second-order valence-electron chi connectivity index (χ2n) is 7.56. The van der Waals surface area contributed by atoms with E-state index < -0.39 is 22.1 Å². The number of hydrogen-bond donors (Lipinski definition) is 1. The predicted octanol–water partition coefficient (Wildman–Crippen LogP) is 3.88. The zero-order valence-electron chi connectivity index (χ0n) is 18.1. The largest absolute Gasteiger partial charge is 0.497 e. The van der Waals surface area contributed by atoms with E-state index in [1.54, 1.807) is 43.3 Å². The maximum atomic E-state index is 13.1. The minimum Gasteiger partial charge on any atom is -0.497 e. The molecule has 4 rings (SSSR count). The number of alkyl halides is 3. The van der Waals surface area contributed by atoms with Crippen molar-refractivity contribution >= 4 is 23.0 Å². The number of nitrogens with one attached hydrogen (secondary N) is 1. The molecular formula is C23H19ClF2N4O4. The van der Waals surface area contributed by atoms with Gasteiger partial charge in [0.05, 0.1) is 7.11 Å². The summed E-state index contributed by atoms with van der Waals surface area (Å²) in [7, 11) is 3.28. The molecule has 0 aliphatic rings. The summed E-state index contributed by atoms with van der Waals surface area (Å²) in [6.07, 6.45) is 0. The summed E-state index contributed by atoms with van der Waals surface area (Å²) in [5.74, 6) is -0.286. The lowest BCUT2D eigenvalue weighted by Crippen LogP contribution is -2.41. The van der Waals surface area contributed by atoms with E-state index in [-0.39, 0.29) is 11.5 Å². The van der Waals surface area contributed by atoms with Crippen LogP contribution in [0.2, 0.25) is 0 Å². The molecule has 0 aliphatic carbocycles. The summed E-state index contributed by atoms with van der Waals surface area (Å²) < 4.78 is 35.8. The Bertz CT molecular complexity index is 1360. The van der Waals surface area contributed by atoms with Crippen molar-refractivity contribution in [1.29, 1.82) is 0 Å². The van der Waals surface area contributed by atoms with Crippen molar-refractivity contribution in [1.82, 2.24) is 10.1 Å². The summed E-state index contributed by atoms with van der Waals surface area (Å²) in [6, 6.07) is 14.1. The van der Waals surface area contributed by atoms with Gasteiger partial charge in [-0.05, 0) is 34.9 Å². The molecule has 0 unspecified atom stereocenters. The SMILES string of the molecule is COc1ccc(CNc2c(N(C)Cc3ccc(-c4noc(C(F)(F)Cl)n4)cc3)c(=O)c2=O)cc1. The summed E-state index contributed by atoms with van der Waals surface area (Å²) in [5, 5.41) is 2.81. The fourth-order valence-corrected chi connectivity index (χ4v) is 3.49. The monoisotopic (exact) mass is 488 g/mol. The van der Waals surface area contributed by atoms with Gasteiger partial charge in [-0.3, -0.25) is 9.59 Å². The zero-order valence-corrected chi connectivity index (χ0v) is 18.9. The van der Waals surface area contributed by atoms with Gasteiger partial charge >= 0.3 is 11.3 Å². The number of rotatable bonds is 9. The number of benzene rings is 2. The quantitative estimate of drug-likeness (QED) is 0.280. The lowest BCUT2D eigenvalue weighted by atomic mass is 10.1. The fraction of sp³-hybridized carbons (Fsp3) is 0.217. The summed E-state index contributed by atoms with van der Waals surface area (Å²) >= 11 is 4.89. The summed E-state index contributed by atoms with van der Waals surface area (Å²) in [4.78, 5) is 29.6. The highest BCUT2D eigenvalue weighted by atomic mass is 35.5. The van der Waals surface area contributed by atoms with Crippen molar-refractivity contribution in [2.75, 3.05) is 24.4 Å². The Kier molecular flexibility index (Phi) is 6.34. The van der Waals surface area contributed by atoms with Gasteiger partial charge in [0.25, 0.3) is 10.9 Å². The van der Waals surface area contributed by atoms with Crippen LogP contribution in [-0.2, 0) is 18.5 Å². The maximum Gasteiger partial charge on any atom is 0.400 e. The van der Waals surface area contributed by atoms with Crippen LogP contribution >= 0.6 is 11.6 Å². The Morgan fingerprint density at radius 2 is 1.71 bits per heavy atom. The highest BCUT2D eigenvalue weighted by Gasteiger charge is 2.35. The van der Waals surface area contributed by atoms with E-state index in [2.05, 4.69) is 20.0 Å². The van der Waals surface area contributed by atoms with Crippen molar-refractivity contribution in [2.45, 2.75) is 18.5 Å².